The zero-order valence-electron chi connectivity index (χ0n) is 10.2. The SMILES string of the molecule is CCCCCCCCC#CC(C(=O)O)C(=O)O. The Balaban J connectivity index is 3.72. The zero-order chi connectivity index (χ0) is 13.1. The van der Waals surface area contributed by atoms with Crippen molar-refractivity contribution in [3.63, 3.8) is 0 Å². The van der Waals surface area contributed by atoms with Crippen LogP contribution in [0.15, 0.2) is 0 Å². The van der Waals surface area contributed by atoms with Crippen LogP contribution < -0.4 is 0 Å². The zero-order valence-corrected chi connectivity index (χ0v) is 10.2. The summed E-state index contributed by atoms with van der Waals surface area (Å²) in [6.07, 6.45) is 7.38. The summed E-state index contributed by atoms with van der Waals surface area (Å²) >= 11 is 0. The van der Waals surface area contributed by atoms with Gasteiger partial charge < -0.3 is 10.2 Å². The molecule has 0 atom stereocenters. The molecule has 0 saturated carbocycles. The monoisotopic (exact) mass is 240 g/mol. The van der Waals surface area contributed by atoms with Crippen molar-refractivity contribution in [2.75, 3.05) is 0 Å². The van der Waals surface area contributed by atoms with Gasteiger partial charge in [0.15, 0.2) is 0 Å². The molecule has 0 aliphatic heterocycles. The molecule has 0 amide bonds. The third kappa shape index (κ3) is 8.32. The Morgan fingerprint density at radius 1 is 1.00 bits per heavy atom. The van der Waals surface area contributed by atoms with E-state index >= 15 is 0 Å². The van der Waals surface area contributed by atoms with Crippen molar-refractivity contribution in [3.8, 4) is 11.8 Å². The van der Waals surface area contributed by atoms with Gasteiger partial charge in [0.1, 0.15) is 0 Å². The molecule has 4 nitrogen and oxygen atoms in total. The van der Waals surface area contributed by atoms with Crippen LogP contribution in [0.4, 0.5) is 0 Å². The molecule has 0 aliphatic carbocycles. The maximum Gasteiger partial charge on any atom is 0.330 e. The van der Waals surface area contributed by atoms with Gasteiger partial charge in [0, 0.05) is 6.42 Å². The van der Waals surface area contributed by atoms with Gasteiger partial charge in [-0.1, -0.05) is 44.9 Å². The first kappa shape index (κ1) is 15.5. The van der Waals surface area contributed by atoms with Gasteiger partial charge in [0.25, 0.3) is 0 Å². The Morgan fingerprint density at radius 2 is 1.53 bits per heavy atom. The normalized spacial score (nSPS) is 9.76. The lowest BCUT2D eigenvalue weighted by Crippen LogP contribution is -2.21. The molecule has 96 valence electrons. The molecule has 0 unspecified atom stereocenters. The summed E-state index contributed by atoms with van der Waals surface area (Å²) in [5.41, 5.74) is 0. The van der Waals surface area contributed by atoms with Gasteiger partial charge >= 0.3 is 11.9 Å². The molecule has 0 rings (SSSR count). The highest BCUT2D eigenvalue weighted by Crippen LogP contribution is 2.06. The smallest absolute Gasteiger partial charge is 0.330 e. The van der Waals surface area contributed by atoms with Gasteiger partial charge in [-0.25, -0.2) is 0 Å². The predicted molar refractivity (Wildman–Crippen MR) is 64.5 cm³/mol. The van der Waals surface area contributed by atoms with Gasteiger partial charge in [-0.15, -0.1) is 5.92 Å². The Labute approximate surface area is 102 Å². The second-order valence-electron chi connectivity index (χ2n) is 3.95. The first-order valence-electron chi connectivity index (χ1n) is 6.03. The van der Waals surface area contributed by atoms with Crippen LogP contribution in [0.3, 0.4) is 0 Å². The molecule has 0 aliphatic rings. The molecule has 0 spiro atoms. The molecule has 4 heteroatoms. The number of rotatable bonds is 8. The van der Waals surface area contributed by atoms with Crippen LogP contribution in [0.25, 0.3) is 0 Å². The van der Waals surface area contributed by atoms with Crippen LogP contribution in [-0.2, 0) is 9.59 Å². The summed E-state index contributed by atoms with van der Waals surface area (Å²) in [6, 6.07) is 0. The van der Waals surface area contributed by atoms with Gasteiger partial charge in [0.05, 0.1) is 0 Å². The average Bonchev–Trinajstić information content (AvgIpc) is 2.26. The molecular formula is C13H20O4. The van der Waals surface area contributed by atoms with Crippen LogP contribution in [0.1, 0.15) is 51.9 Å². The van der Waals surface area contributed by atoms with E-state index in [-0.39, 0.29) is 0 Å². The molecule has 0 bridgehead atoms. The van der Waals surface area contributed by atoms with Crippen LogP contribution in [0.5, 0.6) is 0 Å². The fourth-order valence-corrected chi connectivity index (χ4v) is 1.40. The van der Waals surface area contributed by atoms with E-state index in [0.29, 0.717) is 6.42 Å². The molecule has 2 N–H and O–H groups in total. The number of carboxylic acids is 2. The lowest BCUT2D eigenvalue weighted by molar-refractivity contribution is -0.151. The minimum atomic E-state index is -1.59. The molecule has 0 aromatic carbocycles. The van der Waals surface area contributed by atoms with E-state index in [1.54, 1.807) is 0 Å². The summed E-state index contributed by atoms with van der Waals surface area (Å²) < 4.78 is 0. The van der Waals surface area contributed by atoms with Crippen molar-refractivity contribution >= 4 is 11.9 Å². The molecule has 0 aromatic rings. The quantitative estimate of drug-likeness (QED) is 0.388. The summed E-state index contributed by atoms with van der Waals surface area (Å²) in [6.45, 7) is 2.16. The molecule has 0 heterocycles. The highest BCUT2D eigenvalue weighted by Gasteiger charge is 2.22. The number of unbranched alkanes of at least 4 members (excludes halogenated alkanes) is 6. The first-order chi connectivity index (χ1) is 8.09. The Hall–Kier alpha value is -1.50. The molecule has 0 aromatic heterocycles. The Morgan fingerprint density at radius 3 is 2.06 bits per heavy atom. The minimum absolute atomic E-state index is 0.573. The minimum Gasteiger partial charge on any atom is -0.480 e. The van der Waals surface area contributed by atoms with E-state index in [0.717, 1.165) is 19.3 Å². The number of hydrogen-bond donors (Lipinski definition) is 2. The fourth-order valence-electron chi connectivity index (χ4n) is 1.40. The van der Waals surface area contributed by atoms with Crippen molar-refractivity contribution in [3.05, 3.63) is 0 Å². The molecule has 0 fully saturated rings. The topological polar surface area (TPSA) is 74.6 Å². The second-order valence-corrected chi connectivity index (χ2v) is 3.95. The lowest BCUT2D eigenvalue weighted by Gasteiger charge is -1.98. The van der Waals surface area contributed by atoms with Crippen molar-refractivity contribution in [1.82, 2.24) is 0 Å². The third-order valence-corrected chi connectivity index (χ3v) is 2.40. The lowest BCUT2D eigenvalue weighted by atomic mass is 10.1. The summed E-state index contributed by atoms with van der Waals surface area (Å²) in [5, 5.41) is 17.1. The maximum absolute atomic E-state index is 10.5. The average molecular weight is 240 g/mol. The van der Waals surface area contributed by atoms with Crippen molar-refractivity contribution < 1.29 is 19.8 Å². The van der Waals surface area contributed by atoms with Crippen LogP contribution in [0, 0.1) is 17.8 Å². The molecule has 17 heavy (non-hydrogen) atoms. The summed E-state index contributed by atoms with van der Waals surface area (Å²) in [5.74, 6) is 0.520. The van der Waals surface area contributed by atoms with Gasteiger partial charge in [0.2, 0.25) is 5.92 Å². The Kier molecular flexibility index (Phi) is 8.85. The van der Waals surface area contributed by atoms with E-state index in [4.69, 9.17) is 10.2 Å². The summed E-state index contributed by atoms with van der Waals surface area (Å²) in [4.78, 5) is 21.0. The number of carboxylic acid groups (broad SMARTS) is 2. The van der Waals surface area contributed by atoms with Crippen molar-refractivity contribution in [2.24, 2.45) is 5.92 Å². The van der Waals surface area contributed by atoms with Crippen LogP contribution in [0.2, 0.25) is 0 Å². The van der Waals surface area contributed by atoms with E-state index < -0.39 is 17.9 Å². The fraction of sp³-hybridized carbons (Fsp3) is 0.692. The standard InChI is InChI=1S/C13H20O4/c1-2-3-4-5-6-7-8-9-10-11(12(14)15)13(16)17/h11H,2-8H2,1H3,(H,14,15)(H,16,17). The number of aliphatic carboxylic acids is 2. The summed E-state index contributed by atoms with van der Waals surface area (Å²) in [7, 11) is 0. The van der Waals surface area contributed by atoms with Gasteiger partial charge in [-0.05, 0) is 6.42 Å². The second kappa shape index (κ2) is 9.71. The molecule has 0 saturated heterocycles. The van der Waals surface area contributed by atoms with Gasteiger partial charge in [-0.3, -0.25) is 9.59 Å². The van der Waals surface area contributed by atoms with Crippen molar-refractivity contribution in [1.29, 1.82) is 0 Å². The first-order valence-corrected chi connectivity index (χ1v) is 6.03. The van der Waals surface area contributed by atoms with Crippen LogP contribution in [-0.4, -0.2) is 22.2 Å². The molecular weight excluding hydrogens is 220 g/mol. The van der Waals surface area contributed by atoms with E-state index in [9.17, 15) is 9.59 Å². The molecule has 0 radical (unpaired) electrons. The van der Waals surface area contributed by atoms with E-state index in [1.165, 1.54) is 19.3 Å². The largest absolute Gasteiger partial charge is 0.480 e. The Bertz CT molecular complexity index is 284. The number of hydrogen-bond acceptors (Lipinski definition) is 2. The highest BCUT2D eigenvalue weighted by atomic mass is 16.4. The predicted octanol–water partition coefficient (Wildman–Crippen LogP) is 2.53. The van der Waals surface area contributed by atoms with E-state index in [1.807, 2.05) is 0 Å². The van der Waals surface area contributed by atoms with Crippen molar-refractivity contribution in [2.45, 2.75) is 51.9 Å². The van der Waals surface area contributed by atoms with E-state index in [2.05, 4.69) is 18.8 Å². The van der Waals surface area contributed by atoms with Gasteiger partial charge in [-0.2, -0.15) is 0 Å². The maximum atomic E-state index is 10.5. The third-order valence-electron chi connectivity index (χ3n) is 2.40. The van der Waals surface area contributed by atoms with Crippen LogP contribution >= 0.6 is 0 Å². The highest BCUT2D eigenvalue weighted by molar-refractivity contribution is 5.96. The number of carbonyl (C=O) groups is 2.